The van der Waals surface area contributed by atoms with Crippen LogP contribution in [0.1, 0.15) is 0 Å². The maximum absolute atomic E-state index is 7.50. The number of rotatable bonds is 1. The molecule has 0 saturated carbocycles. The Balaban J connectivity index is 2.30. The number of hydrogen-bond donors (Lipinski definition) is 1. The summed E-state index contributed by atoms with van der Waals surface area (Å²) in [6.45, 7) is 0. The molecule has 0 fully saturated rings. The van der Waals surface area contributed by atoms with Crippen molar-refractivity contribution in [1.29, 1.82) is 0 Å². The van der Waals surface area contributed by atoms with E-state index < -0.39 is 0 Å². The predicted octanol–water partition coefficient (Wildman–Crippen LogP) is 0.460. The highest BCUT2D eigenvalue weighted by molar-refractivity contribution is 7.92. The van der Waals surface area contributed by atoms with Crippen molar-refractivity contribution in [2.45, 2.75) is 0 Å². The normalized spacial score (nSPS) is 6.25. The van der Waals surface area contributed by atoms with Crippen molar-refractivity contribution in [3.8, 4) is 0 Å². The molecule has 4 heteroatoms. The van der Waals surface area contributed by atoms with Crippen LogP contribution in [-0.4, -0.2) is 12.2 Å². The molecule has 0 heterocycles. The number of nitrogens with zero attached hydrogens (tertiary/aromatic N) is 1. The molecule has 22 valence electrons. The van der Waals surface area contributed by atoms with Crippen LogP contribution >= 0.6 is 12.2 Å². The van der Waals surface area contributed by atoms with Gasteiger partial charge in [-0.15, -0.1) is 0 Å². The second-order valence-electron chi connectivity index (χ2n) is 0.187. The predicted molar refractivity (Wildman–Crippen MR) is 18.4 cm³/mol. The van der Waals surface area contributed by atoms with Crippen LogP contribution < -0.4 is 0 Å². The van der Waals surface area contributed by atoms with Crippen LogP contribution in [0.25, 0.3) is 0 Å². The van der Waals surface area contributed by atoms with E-state index in [0.29, 0.717) is 0 Å². The van der Waals surface area contributed by atoms with E-state index in [1.54, 1.807) is 0 Å². The maximum atomic E-state index is 7.50. The lowest BCUT2D eigenvalue weighted by Crippen LogP contribution is -1.33. The van der Waals surface area contributed by atoms with E-state index in [0.717, 1.165) is 0 Å². The first-order valence-electron chi connectivity index (χ1n) is 0.623. The molecule has 4 heavy (non-hydrogen) atoms. The fourth-order valence-corrected chi connectivity index (χ4v) is 0. The van der Waals surface area contributed by atoms with Gasteiger partial charge in [-0.3, -0.25) is 0 Å². The van der Waals surface area contributed by atoms with Gasteiger partial charge in [-0.25, -0.2) is 0 Å². The van der Waals surface area contributed by atoms with Gasteiger partial charge in [0.05, 0.1) is 12.2 Å². The molecule has 0 bridgehead atoms. The van der Waals surface area contributed by atoms with Crippen LogP contribution in [0.3, 0.4) is 0 Å². The average molecular weight is 73.9 g/mol. The van der Waals surface area contributed by atoms with Gasteiger partial charge in [0.15, 0.2) is 0 Å². The minimum atomic E-state index is 0.259. The van der Waals surface area contributed by atoms with Gasteiger partial charge in [0, 0.05) is 0 Å². The van der Waals surface area contributed by atoms with E-state index >= 15 is 0 Å². The average Bonchev–Trinajstić information content (AvgIpc) is 1.37. The molecule has 1 N–H and O–H groups in total. The van der Waals surface area contributed by atoms with Gasteiger partial charge in [0.1, 0.15) is 0 Å². The monoisotopic (exact) mass is 74.0 g/mol. The van der Waals surface area contributed by atoms with Gasteiger partial charge in [-0.2, -0.15) is 0 Å². The van der Waals surface area contributed by atoms with Gasteiger partial charge in [-0.1, -0.05) is 0 Å². The highest BCUT2D eigenvalue weighted by Crippen LogP contribution is 1.83. The molecule has 2 nitrogen and oxygen atoms in total. The Labute approximate surface area is 29.7 Å². The molecule has 2 radical (unpaired) electrons. The van der Waals surface area contributed by atoms with Crippen LogP contribution in [0.4, 0.5) is 0 Å². The zero-order valence-corrected chi connectivity index (χ0v) is 2.70. The summed E-state index contributed by atoms with van der Waals surface area (Å²) in [6, 6.07) is 0. The van der Waals surface area contributed by atoms with Gasteiger partial charge < -0.3 is 16.5 Å². The SMILES string of the molecule is [B-]=NSO. The highest BCUT2D eigenvalue weighted by Gasteiger charge is 1.32. The van der Waals surface area contributed by atoms with Crippen molar-refractivity contribution in [2.24, 2.45) is 4.30 Å². The number of hydrogen-bond acceptors (Lipinski definition) is 3. The Morgan fingerprint density at radius 3 is 2.25 bits per heavy atom. The molecule has 0 aromatic heterocycles. The second-order valence-corrected chi connectivity index (χ2v) is 0.561. The van der Waals surface area contributed by atoms with Gasteiger partial charge in [-0.05, 0) is 0 Å². The van der Waals surface area contributed by atoms with E-state index in [9.17, 15) is 0 Å². The van der Waals surface area contributed by atoms with Crippen molar-refractivity contribution in [1.82, 2.24) is 0 Å². The van der Waals surface area contributed by atoms with E-state index in [-0.39, 0.29) is 12.2 Å². The molecule has 0 saturated heterocycles. The first kappa shape index (κ1) is 4.17. The molecular formula is HBNOS-. The van der Waals surface area contributed by atoms with E-state index in [1.165, 1.54) is 0 Å². The van der Waals surface area contributed by atoms with Crippen LogP contribution in [0.15, 0.2) is 4.30 Å². The maximum Gasteiger partial charge on any atom is 0.0716 e. The van der Waals surface area contributed by atoms with Gasteiger partial charge in [0.25, 0.3) is 0 Å². The zero-order valence-electron chi connectivity index (χ0n) is 1.88. The van der Waals surface area contributed by atoms with Crippen LogP contribution in [-0.2, 0) is 0 Å². The van der Waals surface area contributed by atoms with Crippen LogP contribution in [0.2, 0.25) is 0 Å². The van der Waals surface area contributed by atoms with E-state index in [1.807, 2.05) is 0 Å². The molecule has 0 aliphatic heterocycles. The van der Waals surface area contributed by atoms with Crippen molar-refractivity contribution in [2.75, 3.05) is 0 Å². The molecule has 0 aliphatic rings. The lowest BCUT2D eigenvalue weighted by Gasteiger charge is -1.78. The highest BCUT2D eigenvalue weighted by atomic mass is 32.2. The molecule has 0 spiro atoms. The Hall–Kier alpha value is 0.175. The lowest BCUT2D eigenvalue weighted by molar-refractivity contribution is 0.666. The summed E-state index contributed by atoms with van der Waals surface area (Å²) in [6.07, 6.45) is 0. The van der Waals surface area contributed by atoms with Gasteiger partial charge in [0.2, 0.25) is 0 Å². The van der Waals surface area contributed by atoms with Crippen LogP contribution in [0.5, 0.6) is 0 Å². The molecular weight excluding hydrogens is 72.9 g/mol. The van der Waals surface area contributed by atoms with Crippen molar-refractivity contribution < 1.29 is 4.55 Å². The quantitative estimate of drug-likeness (QED) is 0.278. The summed E-state index contributed by atoms with van der Waals surface area (Å²) in [5, 5.41) is 0. The molecule has 0 amide bonds. The zero-order chi connectivity index (χ0) is 3.41. The Morgan fingerprint density at radius 1 is 2.00 bits per heavy atom. The van der Waals surface area contributed by atoms with Crippen molar-refractivity contribution in [3.05, 3.63) is 0 Å². The third kappa shape index (κ3) is 2.17. The summed E-state index contributed by atoms with van der Waals surface area (Å²) >= 11 is 0.259. The Morgan fingerprint density at radius 2 is 2.25 bits per heavy atom. The third-order valence-electron chi connectivity index (χ3n) is 0.0471. The lowest BCUT2D eigenvalue weighted by atomic mass is 10.7. The first-order chi connectivity index (χ1) is 1.91. The Bertz CT molecular complexity index is 22.0. The largest absolute Gasteiger partial charge is 0.546 e. The summed E-state index contributed by atoms with van der Waals surface area (Å²) in [5.41, 5.74) is 0. The Kier molecular flexibility index (Phi) is 3.31. The van der Waals surface area contributed by atoms with E-state index in [4.69, 9.17) is 4.55 Å². The topological polar surface area (TPSA) is 32.6 Å². The smallest absolute Gasteiger partial charge is 0.0716 e. The fraction of sp³-hybridized carbons (Fsp3) is 0. The summed E-state index contributed by atoms with van der Waals surface area (Å²) in [4.78, 5) is 0. The molecule has 0 aliphatic carbocycles. The first-order valence-corrected chi connectivity index (χ1v) is 1.35. The summed E-state index contributed by atoms with van der Waals surface area (Å²) in [5.74, 6) is 0. The minimum Gasteiger partial charge on any atom is -0.546 e. The van der Waals surface area contributed by atoms with Crippen molar-refractivity contribution >= 4 is 19.9 Å². The second kappa shape index (κ2) is 3.17. The minimum absolute atomic E-state index is 0.259. The fourth-order valence-electron chi connectivity index (χ4n) is 0. The van der Waals surface area contributed by atoms with Gasteiger partial charge >= 0.3 is 0 Å². The van der Waals surface area contributed by atoms with Crippen molar-refractivity contribution in [3.63, 3.8) is 0 Å². The molecule has 0 aromatic rings. The molecule has 0 atom stereocenters. The molecule has 0 aromatic carbocycles. The molecule has 0 unspecified atom stereocenters. The summed E-state index contributed by atoms with van der Waals surface area (Å²) < 4.78 is 10.2. The van der Waals surface area contributed by atoms with E-state index in [2.05, 4.69) is 11.9 Å². The van der Waals surface area contributed by atoms with Crippen LogP contribution in [0, 0.1) is 0 Å². The summed E-state index contributed by atoms with van der Waals surface area (Å²) in [7, 11) is 4.37. The third-order valence-corrected chi connectivity index (χ3v) is 0.141. The molecule has 0 rings (SSSR count). The standard InChI is InChI=1S/BHNOS/c1-2-4-3/h3H/q-1.